The number of rotatable bonds is 4. The average Bonchev–Trinajstić information content (AvgIpc) is 2.88. The third kappa shape index (κ3) is 2.97. The highest BCUT2D eigenvalue weighted by Crippen LogP contribution is 2.25. The zero-order valence-corrected chi connectivity index (χ0v) is 13.6. The van der Waals surface area contributed by atoms with Crippen molar-refractivity contribution >= 4 is 38.6 Å². The molecule has 0 aromatic heterocycles. The topological polar surface area (TPSA) is 101 Å². The van der Waals surface area contributed by atoms with Gasteiger partial charge in [-0.2, -0.15) is 4.31 Å². The maximum absolute atomic E-state index is 12.5. The first-order chi connectivity index (χ1) is 9.36. The number of carbonyl (C=O) groups is 1. The first-order valence-corrected chi connectivity index (χ1v) is 8.61. The van der Waals surface area contributed by atoms with Gasteiger partial charge in [-0.05, 0) is 59.7 Å². The molecule has 1 aliphatic rings. The molecule has 1 fully saturated rings. The summed E-state index contributed by atoms with van der Waals surface area (Å²) in [4.78, 5) is 11.1. The van der Waals surface area contributed by atoms with E-state index in [1.54, 1.807) is 0 Å². The van der Waals surface area contributed by atoms with Gasteiger partial charge in [-0.1, -0.05) is 0 Å². The van der Waals surface area contributed by atoms with Gasteiger partial charge in [-0.3, -0.25) is 0 Å². The number of carboxylic acids is 1. The lowest BCUT2D eigenvalue weighted by Crippen LogP contribution is -2.30. The SMILES string of the molecule is NCC1CCN(S(=O)(=O)c2ccc(I)c(C(=O)O)c2)C1. The summed E-state index contributed by atoms with van der Waals surface area (Å²) >= 11 is 1.87. The number of nitrogens with two attached hydrogens (primary N) is 1. The second-order valence-electron chi connectivity index (χ2n) is 4.70. The standard InChI is InChI=1S/C12H15IN2O4S/c13-11-2-1-9(5-10(11)12(16)17)20(18,19)15-4-3-8(6-14)7-15/h1-2,5,8H,3-4,6-7,14H2,(H,16,17). The van der Waals surface area contributed by atoms with E-state index < -0.39 is 16.0 Å². The molecule has 2 rings (SSSR count). The van der Waals surface area contributed by atoms with E-state index in [2.05, 4.69) is 0 Å². The quantitative estimate of drug-likeness (QED) is 0.721. The molecule has 0 spiro atoms. The maximum atomic E-state index is 12.5. The van der Waals surface area contributed by atoms with Gasteiger partial charge in [0, 0.05) is 16.7 Å². The molecular weight excluding hydrogens is 395 g/mol. The Hall–Kier alpha value is -0.710. The van der Waals surface area contributed by atoms with Gasteiger partial charge >= 0.3 is 5.97 Å². The van der Waals surface area contributed by atoms with E-state index >= 15 is 0 Å². The molecule has 1 atom stereocenters. The van der Waals surface area contributed by atoms with E-state index in [1.165, 1.54) is 22.5 Å². The summed E-state index contributed by atoms with van der Waals surface area (Å²) in [5, 5.41) is 9.07. The Bertz CT molecular complexity index is 632. The zero-order valence-electron chi connectivity index (χ0n) is 10.6. The molecule has 0 amide bonds. The second-order valence-corrected chi connectivity index (χ2v) is 7.80. The maximum Gasteiger partial charge on any atom is 0.336 e. The summed E-state index contributed by atoms with van der Waals surface area (Å²) in [5.41, 5.74) is 5.56. The van der Waals surface area contributed by atoms with Crippen molar-refractivity contribution in [3.8, 4) is 0 Å². The highest BCUT2D eigenvalue weighted by Gasteiger charge is 2.32. The van der Waals surface area contributed by atoms with Crippen LogP contribution in [-0.2, 0) is 10.0 Å². The van der Waals surface area contributed by atoms with Gasteiger partial charge in [0.25, 0.3) is 0 Å². The van der Waals surface area contributed by atoms with Gasteiger partial charge in [0.15, 0.2) is 0 Å². The van der Waals surface area contributed by atoms with E-state index in [9.17, 15) is 13.2 Å². The highest BCUT2D eigenvalue weighted by atomic mass is 127. The fourth-order valence-electron chi connectivity index (χ4n) is 2.19. The van der Waals surface area contributed by atoms with Crippen LogP contribution in [0.25, 0.3) is 0 Å². The zero-order chi connectivity index (χ0) is 14.9. The van der Waals surface area contributed by atoms with E-state index in [1.807, 2.05) is 22.6 Å². The minimum absolute atomic E-state index is 0.00115. The Morgan fingerprint density at radius 2 is 2.20 bits per heavy atom. The largest absolute Gasteiger partial charge is 0.478 e. The van der Waals surface area contributed by atoms with Gasteiger partial charge in [-0.25, -0.2) is 13.2 Å². The third-order valence-electron chi connectivity index (χ3n) is 3.39. The molecule has 1 aliphatic heterocycles. The summed E-state index contributed by atoms with van der Waals surface area (Å²) in [6.07, 6.45) is 0.742. The molecule has 1 aromatic carbocycles. The molecule has 1 aromatic rings. The van der Waals surface area contributed by atoms with Crippen LogP contribution in [0.15, 0.2) is 23.1 Å². The van der Waals surface area contributed by atoms with E-state index in [4.69, 9.17) is 10.8 Å². The molecule has 6 nitrogen and oxygen atoms in total. The predicted molar refractivity (Wildman–Crippen MR) is 82.0 cm³/mol. The van der Waals surface area contributed by atoms with Crippen LogP contribution >= 0.6 is 22.6 Å². The first-order valence-electron chi connectivity index (χ1n) is 6.09. The van der Waals surface area contributed by atoms with Crippen LogP contribution in [0, 0.1) is 9.49 Å². The first kappa shape index (κ1) is 15.7. The molecule has 0 saturated carbocycles. The molecule has 1 saturated heterocycles. The highest BCUT2D eigenvalue weighted by molar-refractivity contribution is 14.1. The fourth-order valence-corrected chi connectivity index (χ4v) is 4.31. The fraction of sp³-hybridized carbons (Fsp3) is 0.417. The summed E-state index contributed by atoms with van der Waals surface area (Å²) in [6.45, 7) is 1.28. The number of sulfonamides is 1. The lowest BCUT2D eigenvalue weighted by Gasteiger charge is -2.17. The van der Waals surface area contributed by atoms with Gasteiger partial charge < -0.3 is 10.8 Å². The van der Waals surface area contributed by atoms with Crippen LogP contribution in [-0.4, -0.2) is 43.4 Å². The molecule has 1 unspecified atom stereocenters. The summed E-state index contributed by atoms with van der Waals surface area (Å²) in [5.74, 6) is -0.958. The van der Waals surface area contributed by atoms with E-state index in [-0.39, 0.29) is 16.4 Å². The van der Waals surface area contributed by atoms with Crippen molar-refractivity contribution in [3.63, 3.8) is 0 Å². The molecule has 1 heterocycles. The van der Waals surface area contributed by atoms with Gasteiger partial charge in [0.05, 0.1) is 10.5 Å². The monoisotopic (exact) mass is 410 g/mol. The number of benzene rings is 1. The van der Waals surface area contributed by atoms with Crippen LogP contribution in [0.1, 0.15) is 16.8 Å². The molecule has 8 heteroatoms. The van der Waals surface area contributed by atoms with Crippen LogP contribution in [0.2, 0.25) is 0 Å². The van der Waals surface area contributed by atoms with Crippen LogP contribution in [0.4, 0.5) is 0 Å². The van der Waals surface area contributed by atoms with Gasteiger partial charge in [0.1, 0.15) is 0 Å². The van der Waals surface area contributed by atoms with Crippen molar-refractivity contribution in [2.45, 2.75) is 11.3 Å². The summed E-state index contributed by atoms with van der Waals surface area (Å²) in [7, 11) is -3.64. The van der Waals surface area contributed by atoms with Crippen LogP contribution in [0.3, 0.4) is 0 Å². The molecule has 20 heavy (non-hydrogen) atoms. The molecule has 0 aliphatic carbocycles. The minimum Gasteiger partial charge on any atom is -0.478 e. The Morgan fingerprint density at radius 1 is 1.50 bits per heavy atom. The lowest BCUT2D eigenvalue weighted by atomic mass is 10.1. The van der Waals surface area contributed by atoms with Gasteiger partial charge in [-0.15, -0.1) is 0 Å². The number of hydrogen-bond donors (Lipinski definition) is 2. The number of halogens is 1. The second kappa shape index (κ2) is 5.96. The van der Waals surface area contributed by atoms with Crippen molar-refractivity contribution in [1.29, 1.82) is 0 Å². The van der Waals surface area contributed by atoms with Crippen molar-refractivity contribution in [3.05, 3.63) is 27.3 Å². The predicted octanol–water partition coefficient (Wildman–Crippen LogP) is 0.959. The summed E-state index contributed by atoms with van der Waals surface area (Å²) in [6, 6.07) is 4.17. The number of aromatic carboxylic acids is 1. The Morgan fingerprint density at radius 3 is 2.75 bits per heavy atom. The lowest BCUT2D eigenvalue weighted by molar-refractivity contribution is 0.0695. The molecule has 110 valence electrons. The number of hydrogen-bond acceptors (Lipinski definition) is 4. The summed E-state index contributed by atoms with van der Waals surface area (Å²) < 4.78 is 26.8. The minimum atomic E-state index is -3.64. The van der Waals surface area contributed by atoms with Crippen molar-refractivity contribution in [2.75, 3.05) is 19.6 Å². The molecule has 0 radical (unpaired) electrons. The van der Waals surface area contributed by atoms with Crippen LogP contribution < -0.4 is 5.73 Å². The van der Waals surface area contributed by atoms with E-state index in [0.29, 0.717) is 23.2 Å². The van der Waals surface area contributed by atoms with Gasteiger partial charge in [0.2, 0.25) is 10.0 Å². The Kier molecular flexibility index (Phi) is 4.67. The van der Waals surface area contributed by atoms with Crippen molar-refractivity contribution in [2.24, 2.45) is 11.7 Å². The smallest absolute Gasteiger partial charge is 0.336 e. The average molecular weight is 410 g/mol. The molecule has 3 N–H and O–H groups in total. The Labute approximate surface area is 131 Å². The third-order valence-corrected chi connectivity index (χ3v) is 6.19. The van der Waals surface area contributed by atoms with Crippen LogP contribution in [0.5, 0.6) is 0 Å². The van der Waals surface area contributed by atoms with E-state index in [0.717, 1.165) is 6.42 Å². The normalized spacial score (nSPS) is 20.2. The number of nitrogens with zero attached hydrogens (tertiary/aromatic N) is 1. The molecular formula is C12H15IN2O4S. The Balaban J connectivity index is 2.35. The van der Waals surface area contributed by atoms with Crippen molar-refractivity contribution < 1.29 is 18.3 Å². The number of carboxylic acid groups (broad SMARTS) is 1. The van der Waals surface area contributed by atoms with Crippen molar-refractivity contribution in [1.82, 2.24) is 4.31 Å². The molecule has 0 bridgehead atoms.